The van der Waals surface area contributed by atoms with Crippen molar-refractivity contribution in [3.05, 3.63) is 75.6 Å². The maximum absolute atomic E-state index is 12.8. The van der Waals surface area contributed by atoms with E-state index in [-0.39, 0.29) is 16.4 Å². The highest BCUT2D eigenvalue weighted by atomic mass is 19.1. The van der Waals surface area contributed by atoms with Crippen LogP contribution in [0.2, 0.25) is 0 Å². The molecule has 2 aromatic rings. The lowest BCUT2D eigenvalue weighted by atomic mass is 10.1. The monoisotopic (exact) mass is 557 g/mol. The molecule has 226 valence electrons. The average Bonchev–Trinajstić information content (AvgIpc) is 2.97. The first-order valence-electron chi connectivity index (χ1n) is 15.9. The number of benzene rings is 2. The Balaban J connectivity index is 0.000000402. The summed E-state index contributed by atoms with van der Waals surface area (Å²) in [5.41, 5.74) is 2.60. The Morgan fingerprint density at radius 3 is 1.23 bits per heavy atom. The number of unbranched alkanes of at least 4 members (excludes halogenated alkanes) is 4. The molecule has 0 aliphatic rings. The van der Waals surface area contributed by atoms with Crippen molar-refractivity contribution in [2.24, 2.45) is 0 Å². The van der Waals surface area contributed by atoms with Gasteiger partial charge in [0.1, 0.15) is 5.82 Å². The zero-order chi connectivity index (χ0) is 29.4. The summed E-state index contributed by atoms with van der Waals surface area (Å²) in [6, 6.07) is 13.9. The first-order valence-corrected chi connectivity index (χ1v) is 15.9. The van der Waals surface area contributed by atoms with E-state index in [0.29, 0.717) is 0 Å². The molecule has 5 nitrogen and oxygen atoms in total. The lowest BCUT2D eigenvalue weighted by Gasteiger charge is -2.21. The van der Waals surface area contributed by atoms with Crippen molar-refractivity contribution in [1.82, 2.24) is 9.80 Å². The molecule has 2 rings (SSSR count). The molecule has 0 aliphatic carbocycles. The molecule has 0 N–H and O–H groups in total. The van der Waals surface area contributed by atoms with Gasteiger partial charge in [-0.1, -0.05) is 77.6 Å². The maximum Gasteiger partial charge on any atom is 0.269 e. The number of nitrogens with zero attached hydrogens (tertiary/aromatic N) is 3. The van der Waals surface area contributed by atoms with Gasteiger partial charge >= 0.3 is 0 Å². The number of hydrogen-bond acceptors (Lipinski definition) is 4. The van der Waals surface area contributed by atoms with E-state index in [4.69, 9.17) is 0 Å². The average molecular weight is 558 g/mol. The SMILES string of the molecule is CCCCN(CCCC)CCCc1ccc(F)cc1.CCCCN(CCCC)CCCc1ccc([N+](=O)[O-])cc1. The van der Waals surface area contributed by atoms with Crippen LogP contribution in [0.15, 0.2) is 48.5 Å². The van der Waals surface area contributed by atoms with E-state index in [1.807, 2.05) is 24.3 Å². The van der Waals surface area contributed by atoms with Gasteiger partial charge in [-0.15, -0.1) is 0 Å². The highest BCUT2D eigenvalue weighted by Crippen LogP contribution is 2.13. The van der Waals surface area contributed by atoms with E-state index in [0.717, 1.165) is 32.4 Å². The summed E-state index contributed by atoms with van der Waals surface area (Å²) in [5.74, 6) is -0.142. The second-order valence-electron chi connectivity index (χ2n) is 10.9. The molecule has 0 bridgehead atoms. The van der Waals surface area contributed by atoms with Crippen LogP contribution in [0.4, 0.5) is 10.1 Å². The van der Waals surface area contributed by atoms with Crippen LogP contribution >= 0.6 is 0 Å². The number of aryl methyl sites for hydroxylation is 2. The molecule has 0 heterocycles. The smallest absolute Gasteiger partial charge is 0.269 e. The van der Waals surface area contributed by atoms with Gasteiger partial charge < -0.3 is 9.80 Å². The Morgan fingerprint density at radius 2 is 0.900 bits per heavy atom. The summed E-state index contributed by atoms with van der Waals surface area (Å²) in [6.45, 7) is 16.1. The minimum Gasteiger partial charge on any atom is -0.303 e. The highest BCUT2D eigenvalue weighted by Gasteiger charge is 2.07. The van der Waals surface area contributed by atoms with Crippen LogP contribution in [0.1, 0.15) is 103 Å². The fourth-order valence-corrected chi connectivity index (χ4v) is 4.65. The van der Waals surface area contributed by atoms with Crippen LogP contribution in [-0.2, 0) is 12.8 Å². The molecular formula is C34H56FN3O2. The molecule has 40 heavy (non-hydrogen) atoms. The van der Waals surface area contributed by atoms with Gasteiger partial charge in [0.25, 0.3) is 5.69 Å². The standard InChI is InChI=1S/C17H28FN.C17H28N2O2/c1-3-5-13-19(14-6-4-2)15-7-8-16-9-11-17(18)12-10-16;1-3-5-13-18(14-6-4-2)15-7-8-16-9-11-17(12-10-16)19(20)21/h9-12H,3-8,13-15H2,1-2H3;9-12H,3-8,13-15H2,1-2H3. The second-order valence-corrected chi connectivity index (χ2v) is 10.9. The lowest BCUT2D eigenvalue weighted by Crippen LogP contribution is -2.27. The summed E-state index contributed by atoms with van der Waals surface area (Å²) in [4.78, 5) is 15.4. The van der Waals surface area contributed by atoms with Crippen LogP contribution < -0.4 is 0 Å². The van der Waals surface area contributed by atoms with E-state index in [1.165, 1.54) is 95.1 Å². The quantitative estimate of drug-likeness (QED) is 0.113. The fraction of sp³-hybridized carbons (Fsp3) is 0.647. The largest absolute Gasteiger partial charge is 0.303 e. The molecule has 0 radical (unpaired) electrons. The maximum atomic E-state index is 12.8. The third-order valence-corrected chi connectivity index (χ3v) is 7.25. The molecule has 0 aliphatic heterocycles. The van der Waals surface area contributed by atoms with Crippen LogP contribution in [0.3, 0.4) is 0 Å². The van der Waals surface area contributed by atoms with E-state index < -0.39 is 0 Å². The third kappa shape index (κ3) is 17.4. The van der Waals surface area contributed by atoms with Crippen molar-refractivity contribution >= 4 is 5.69 Å². The molecular weight excluding hydrogens is 501 g/mol. The van der Waals surface area contributed by atoms with Crippen LogP contribution in [-0.4, -0.2) is 54.0 Å². The second kappa shape index (κ2) is 23.4. The zero-order valence-corrected chi connectivity index (χ0v) is 25.9. The molecule has 0 saturated heterocycles. The fourth-order valence-electron chi connectivity index (χ4n) is 4.65. The summed E-state index contributed by atoms with van der Waals surface area (Å²) in [6.07, 6.45) is 14.5. The van der Waals surface area contributed by atoms with Gasteiger partial charge in [-0.05, 0) is 114 Å². The first kappa shape index (κ1) is 35.7. The van der Waals surface area contributed by atoms with E-state index >= 15 is 0 Å². The normalized spacial score (nSPS) is 11.1. The Morgan fingerprint density at radius 1 is 0.575 bits per heavy atom. The topological polar surface area (TPSA) is 49.6 Å². The van der Waals surface area contributed by atoms with Crippen molar-refractivity contribution in [2.75, 3.05) is 39.3 Å². The molecule has 0 fully saturated rings. The highest BCUT2D eigenvalue weighted by molar-refractivity contribution is 5.32. The van der Waals surface area contributed by atoms with Gasteiger partial charge in [0.2, 0.25) is 0 Å². The predicted molar refractivity (Wildman–Crippen MR) is 169 cm³/mol. The summed E-state index contributed by atoms with van der Waals surface area (Å²) in [7, 11) is 0. The molecule has 0 amide bonds. The van der Waals surface area contributed by atoms with Gasteiger partial charge in [-0.25, -0.2) is 4.39 Å². The Hall–Kier alpha value is -2.31. The molecule has 2 aromatic carbocycles. The van der Waals surface area contributed by atoms with Crippen LogP contribution in [0.25, 0.3) is 0 Å². The van der Waals surface area contributed by atoms with Crippen molar-refractivity contribution in [3.8, 4) is 0 Å². The van der Waals surface area contributed by atoms with Crippen molar-refractivity contribution in [2.45, 2.75) is 105 Å². The lowest BCUT2D eigenvalue weighted by molar-refractivity contribution is -0.384. The Kier molecular flexibility index (Phi) is 20.9. The van der Waals surface area contributed by atoms with Gasteiger partial charge in [0.05, 0.1) is 4.92 Å². The Labute approximate surface area is 244 Å². The number of nitro groups is 1. The number of nitro benzene ring substituents is 1. The van der Waals surface area contributed by atoms with Crippen LogP contribution in [0, 0.1) is 15.9 Å². The predicted octanol–water partition coefficient (Wildman–Crippen LogP) is 9.09. The summed E-state index contributed by atoms with van der Waals surface area (Å²) < 4.78 is 12.8. The molecule has 0 spiro atoms. The molecule has 0 unspecified atom stereocenters. The number of hydrogen-bond donors (Lipinski definition) is 0. The zero-order valence-electron chi connectivity index (χ0n) is 25.9. The third-order valence-electron chi connectivity index (χ3n) is 7.25. The number of non-ortho nitro benzene ring substituents is 1. The van der Waals surface area contributed by atoms with Gasteiger partial charge in [0.15, 0.2) is 0 Å². The van der Waals surface area contributed by atoms with E-state index in [1.54, 1.807) is 24.3 Å². The summed E-state index contributed by atoms with van der Waals surface area (Å²) >= 11 is 0. The van der Waals surface area contributed by atoms with E-state index in [2.05, 4.69) is 37.5 Å². The number of rotatable bonds is 21. The first-order chi connectivity index (χ1) is 19.4. The van der Waals surface area contributed by atoms with Crippen molar-refractivity contribution in [3.63, 3.8) is 0 Å². The van der Waals surface area contributed by atoms with Crippen molar-refractivity contribution < 1.29 is 9.31 Å². The minimum absolute atomic E-state index is 0.142. The minimum atomic E-state index is -0.346. The molecule has 0 saturated carbocycles. The van der Waals surface area contributed by atoms with Gasteiger partial charge in [0, 0.05) is 12.1 Å². The van der Waals surface area contributed by atoms with Crippen LogP contribution in [0.5, 0.6) is 0 Å². The molecule has 6 heteroatoms. The number of halogens is 1. The Bertz CT molecular complexity index is 858. The molecule has 0 aromatic heterocycles. The van der Waals surface area contributed by atoms with Gasteiger partial charge in [-0.3, -0.25) is 10.1 Å². The molecule has 0 atom stereocenters. The summed E-state index contributed by atoms with van der Waals surface area (Å²) in [5, 5.41) is 10.6. The van der Waals surface area contributed by atoms with Crippen molar-refractivity contribution in [1.29, 1.82) is 0 Å². The van der Waals surface area contributed by atoms with Gasteiger partial charge in [-0.2, -0.15) is 0 Å². The van der Waals surface area contributed by atoms with E-state index in [9.17, 15) is 14.5 Å².